The van der Waals surface area contributed by atoms with Crippen molar-refractivity contribution in [3.8, 4) is 0 Å². The molecule has 4 rings (SSSR count). The van der Waals surface area contributed by atoms with Gasteiger partial charge >= 0.3 is 6.09 Å². The smallest absolute Gasteiger partial charge is 0.408 e. The summed E-state index contributed by atoms with van der Waals surface area (Å²) in [5.41, 5.74) is 2.98. The molecule has 0 spiro atoms. The Labute approximate surface area is 182 Å². The fourth-order valence-corrected chi connectivity index (χ4v) is 3.63. The number of nitrogens with one attached hydrogen (secondary N) is 2. The standard InChI is InChI=1S/C22H18ClFN4O3/c23-18-9-13(4-6-19(18)24)27-21(29)17-11-25-10-16-15(17)5-7-20(16)28-22(30)31-12-14-3-1-2-8-26-14/h1-4,6,8-11,20H,5,7,12H2,(H,27,29)(H,28,30). The van der Waals surface area contributed by atoms with Crippen LogP contribution < -0.4 is 10.6 Å². The minimum atomic E-state index is -0.570. The van der Waals surface area contributed by atoms with Gasteiger partial charge in [0.25, 0.3) is 5.91 Å². The molecule has 2 amide bonds. The highest BCUT2D eigenvalue weighted by molar-refractivity contribution is 6.31. The van der Waals surface area contributed by atoms with Gasteiger partial charge in [0.15, 0.2) is 0 Å². The van der Waals surface area contributed by atoms with Gasteiger partial charge in [-0.2, -0.15) is 0 Å². The van der Waals surface area contributed by atoms with Gasteiger partial charge in [-0.15, -0.1) is 0 Å². The lowest BCUT2D eigenvalue weighted by Crippen LogP contribution is -2.28. The van der Waals surface area contributed by atoms with E-state index in [-0.39, 0.29) is 23.6 Å². The molecule has 0 bridgehead atoms. The van der Waals surface area contributed by atoms with Gasteiger partial charge in [-0.05, 0) is 54.3 Å². The quantitative estimate of drug-likeness (QED) is 0.612. The van der Waals surface area contributed by atoms with Gasteiger partial charge in [0.05, 0.1) is 22.3 Å². The number of hydrogen-bond acceptors (Lipinski definition) is 5. The van der Waals surface area contributed by atoms with Crippen LogP contribution in [-0.4, -0.2) is 22.0 Å². The number of hydrogen-bond donors (Lipinski definition) is 2. The molecule has 3 aromatic rings. The molecule has 2 heterocycles. The van der Waals surface area contributed by atoms with Crippen molar-refractivity contribution < 1.29 is 18.7 Å². The zero-order valence-electron chi connectivity index (χ0n) is 16.3. The number of benzene rings is 1. The van der Waals surface area contributed by atoms with Gasteiger partial charge in [0.2, 0.25) is 0 Å². The number of aromatic nitrogens is 2. The van der Waals surface area contributed by atoms with E-state index >= 15 is 0 Å². The number of rotatable bonds is 5. The fourth-order valence-electron chi connectivity index (χ4n) is 3.45. The summed E-state index contributed by atoms with van der Waals surface area (Å²) in [5.74, 6) is -0.948. The molecule has 9 heteroatoms. The number of alkyl carbamates (subject to hydrolysis) is 1. The van der Waals surface area contributed by atoms with Crippen LogP contribution in [0.2, 0.25) is 5.02 Å². The van der Waals surface area contributed by atoms with E-state index in [1.165, 1.54) is 24.4 Å². The highest BCUT2D eigenvalue weighted by atomic mass is 35.5. The van der Waals surface area contributed by atoms with Crippen molar-refractivity contribution in [2.75, 3.05) is 5.32 Å². The number of anilines is 1. The van der Waals surface area contributed by atoms with E-state index in [0.29, 0.717) is 29.8 Å². The van der Waals surface area contributed by atoms with Crippen LogP contribution in [0.5, 0.6) is 0 Å². The van der Waals surface area contributed by atoms with Gasteiger partial charge in [-0.25, -0.2) is 9.18 Å². The third-order valence-corrected chi connectivity index (χ3v) is 5.23. The molecule has 2 N–H and O–H groups in total. The summed E-state index contributed by atoms with van der Waals surface area (Å²) in [6, 6.07) is 9.00. The number of fused-ring (bicyclic) bond motifs is 1. The first-order valence-electron chi connectivity index (χ1n) is 9.57. The molecule has 1 unspecified atom stereocenters. The first-order valence-corrected chi connectivity index (χ1v) is 9.95. The normalized spacial score (nSPS) is 14.6. The Kier molecular flexibility index (Phi) is 6.08. The average Bonchev–Trinajstić information content (AvgIpc) is 3.18. The summed E-state index contributed by atoms with van der Waals surface area (Å²) in [4.78, 5) is 33.2. The molecular formula is C22H18ClFN4O3. The van der Waals surface area contributed by atoms with Crippen LogP contribution in [0.3, 0.4) is 0 Å². The Morgan fingerprint density at radius 3 is 2.87 bits per heavy atom. The van der Waals surface area contributed by atoms with E-state index in [2.05, 4.69) is 20.6 Å². The molecule has 158 valence electrons. The van der Waals surface area contributed by atoms with Crippen LogP contribution >= 0.6 is 11.6 Å². The summed E-state index contributed by atoms with van der Waals surface area (Å²) in [5, 5.41) is 5.44. The van der Waals surface area contributed by atoms with Crippen LogP contribution in [0, 0.1) is 5.82 Å². The van der Waals surface area contributed by atoms with Gasteiger partial charge in [-0.3, -0.25) is 14.8 Å². The molecule has 0 aliphatic heterocycles. The van der Waals surface area contributed by atoms with Crippen molar-refractivity contribution in [3.05, 3.63) is 88.2 Å². The number of carbonyl (C=O) groups excluding carboxylic acids is 2. The second kappa shape index (κ2) is 9.09. The van der Waals surface area contributed by atoms with Crippen molar-refractivity contribution in [1.82, 2.24) is 15.3 Å². The van der Waals surface area contributed by atoms with Crippen molar-refractivity contribution in [2.45, 2.75) is 25.5 Å². The predicted octanol–water partition coefficient (Wildman–Crippen LogP) is 4.44. The Morgan fingerprint density at radius 1 is 1.23 bits per heavy atom. The van der Waals surface area contributed by atoms with E-state index in [1.54, 1.807) is 24.5 Å². The maximum absolute atomic E-state index is 13.3. The number of ether oxygens (including phenoxy) is 1. The highest BCUT2D eigenvalue weighted by Gasteiger charge is 2.29. The summed E-state index contributed by atoms with van der Waals surface area (Å²) < 4.78 is 18.6. The van der Waals surface area contributed by atoms with Crippen molar-refractivity contribution >= 4 is 29.3 Å². The first kappa shape index (κ1) is 20.7. The summed E-state index contributed by atoms with van der Waals surface area (Å²) >= 11 is 5.77. The lowest BCUT2D eigenvalue weighted by molar-refractivity contribution is 0.102. The second-order valence-corrected chi connectivity index (χ2v) is 7.38. The third-order valence-electron chi connectivity index (χ3n) is 4.94. The van der Waals surface area contributed by atoms with E-state index < -0.39 is 11.9 Å². The second-order valence-electron chi connectivity index (χ2n) is 6.97. The summed E-state index contributed by atoms with van der Waals surface area (Å²) in [6.07, 6.45) is 5.37. The Hall–Kier alpha value is -3.52. The van der Waals surface area contributed by atoms with Crippen molar-refractivity contribution in [3.63, 3.8) is 0 Å². The maximum atomic E-state index is 13.3. The molecule has 7 nitrogen and oxygen atoms in total. The van der Waals surface area contributed by atoms with Crippen LogP contribution in [0.15, 0.2) is 55.0 Å². The van der Waals surface area contributed by atoms with Gasteiger partial charge in [-0.1, -0.05) is 17.7 Å². The topological polar surface area (TPSA) is 93.2 Å². The third kappa shape index (κ3) is 4.80. The van der Waals surface area contributed by atoms with Crippen LogP contribution in [-0.2, 0) is 17.8 Å². The number of halogens is 2. The molecule has 1 aliphatic carbocycles. The van der Waals surface area contributed by atoms with Crippen molar-refractivity contribution in [1.29, 1.82) is 0 Å². The summed E-state index contributed by atoms with van der Waals surface area (Å²) in [6.45, 7) is 0.0627. The molecule has 0 fully saturated rings. The largest absolute Gasteiger partial charge is 0.443 e. The van der Waals surface area contributed by atoms with Gasteiger partial charge in [0.1, 0.15) is 12.4 Å². The monoisotopic (exact) mass is 440 g/mol. The minimum Gasteiger partial charge on any atom is -0.443 e. The summed E-state index contributed by atoms with van der Waals surface area (Å²) in [7, 11) is 0. The van der Waals surface area contributed by atoms with E-state index in [0.717, 1.165) is 11.1 Å². The lowest BCUT2D eigenvalue weighted by Gasteiger charge is -2.14. The van der Waals surface area contributed by atoms with E-state index in [9.17, 15) is 14.0 Å². The van der Waals surface area contributed by atoms with Crippen LogP contribution in [0.4, 0.5) is 14.9 Å². The lowest BCUT2D eigenvalue weighted by atomic mass is 10.1. The Bertz CT molecular complexity index is 1130. The molecule has 1 atom stereocenters. The Balaban J connectivity index is 1.43. The minimum absolute atomic E-state index is 0.0627. The molecule has 0 radical (unpaired) electrons. The molecule has 31 heavy (non-hydrogen) atoms. The molecular weight excluding hydrogens is 423 g/mol. The zero-order chi connectivity index (χ0) is 21.8. The van der Waals surface area contributed by atoms with E-state index in [4.69, 9.17) is 16.3 Å². The molecule has 2 aromatic heterocycles. The number of amides is 2. The predicted molar refractivity (Wildman–Crippen MR) is 112 cm³/mol. The van der Waals surface area contributed by atoms with Gasteiger partial charge < -0.3 is 15.4 Å². The first-order chi connectivity index (χ1) is 15.0. The molecule has 1 aromatic carbocycles. The highest BCUT2D eigenvalue weighted by Crippen LogP contribution is 2.33. The maximum Gasteiger partial charge on any atom is 0.408 e. The van der Waals surface area contributed by atoms with Crippen LogP contribution in [0.1, 0.15) is 39.6 Å². The molecule has 1 aliphatic rings. The number of carbonyl (C=O) groups is 2. The van der Waals surface area contributed by atoms with Gasteiger partial charge in [0, 0.05) is 24.3 Å². The number of nitrogens with zero attached hydrogens (tertiary/aromatic N) is 2. The van der Waals surface area contributed by atoms with E-state index in [1.807, 2.05) is 6.07 Å². The Morgan fingerprint density at radius 2 is 2.10 bits per heavy atom. The van der Waals surface area contributed by atoms with Crippen LogP contribution in [0.25, 0.3) is 0 Å². The average molecular weight is 441 g/mol. The fraction of sp³-hybridized carbons (Fsp3) is 0.182. The number of pyridine rings is 2. The zero-order valence-corrected chi connectivity index (χ0v) is 17.0. The molecule has 0 saturated carbocycles. The SMILES string of the molecule is O=C(NC1CCc2c(C(=O)Nc3ccc(F)c(Cl)c3)cncc21)OCc1ccccn1. The van der Waals surface area contributed by atoms with Crippen molar-refractivity contribution in [2.24, 2.45) is 0 Å². The molecule has 0 saturated heterocycles.